The van der Waals surface area contributed by atoms with Crippen molar-refractivity contribution >= 4 is 11.6 Å². The Morgan fingerprint density at radius 3 is 2.82 bits per heavy atom. The standard InChI is InChI=1S/C18H24N4/c1-4-13(2)21-17-10-18(20-12-19-17)22-11-16-8-6-5-7-15(16)9-14(22)3/h5-8,10,12-14H,4,9,11H2,1-3H3,(H,19,20,21)/t13-,14+/m0/s1. The van der Waals surface area contributed by atoms with E-state index in [9.17, 15) is 0 Å². The normalized spacial score (nSPS) is 18.7. The van der Waals surface area contributed by atoms with Crippen LogP contribution in [0.3, 0.4) is 0 Å². The summed E-state index contributed by atoms with van der Waals surface area (Å²) in [5, 5.41) is 3.43. The SMILES string of the molecule is CC[C@H](C)Nc1cc(N2Cc3ccccc3C[C@H]2C)ncn1. The minimum atomic E-state index is 0.419. The van der Waals surface area contributed by atoms with E-state index in [1.807, 2.05) is 0 Å². The third-order valence-electron chi connectivity index (χ3n) is 4.46. The Labute approximate surface area is 132 Å². The molecule has 0 fully saturated rings. The van der Waals surface area contributed by atoms with Crippen LogP contribution in [0.5, 0.6) is 0 Å². The molecule has 1 aliphatic heterocycles. The molecule has 0 amide bonds. The van der Waals surface area contributed by atoms with E-state index in [-0.39, 0.29) is 0 Å². The highest BCUT2D eigenvalue weighted by atomic mass is 15.2. The Hall–Kier alpha value is -2.10. The Balaban J connectivity index is 1.83. The summed E-state index contributed by atoms with van der Waals surface area (Å²) in [4.78, 5) is 11.2. The highest BCUT2D eigenvalue weighted by Gasteiger charge is 2.23. The summed E-state index contributed by atoms with van der Waals surface area (Å²) >= 11 is 0. The Morgan fingerprint density at radius 2 is 2.05 bits per heavy atom. The molecule has 2 atom stereocenters. The average molecular weight is 296 g/mol. The number of rotatable bonds is 4. The number of aromatic nitrogens is 2. The molecule has 0 spiro atoms. The van der Waals surface area contributed by atoms with Gasteiger partial charge in [-0.05, 0) is 37.8 Å². The average Bonchev–Trinajstić information content (AvgIpc) is 2.54. The first-order valence-corrected chi connectivity index (χ1v) is 8.09. The predicted molar refractivity (Wildman–Crippen MR) is 91.2 cm³/mol. The highest BCUT2D eigenvalue weighted by molar-refractivity contribution is 5.51. The van der Waals surface area contributed by atoms with Crippen LogP contribution in [0.15, 0.2) is 36.7 Å². The highest BCUT2D eigenvalue weighted by Crippen LogP contribution is 2.27. The summed E-state index contributed by atoms with van der Waals surface area (Å²) in [6.45, 7) is 7.52. The van der Waals surface area contributed by atoms with E-state index in [1.54, 1.807) is 6.33 Å². The van der Waals surface area contributed by atoms with Crippen LogP contribution in [0, 0.1) is 0 Å². The largest absolute Gasteiger partial charge is 0.367 e. The van der Waals surface area contributed by atoms with Crippen molar-refractivity contribution in [2.24, 2.45) is 0 Å². The summed E-state index contributed by atoms with van der Waals surface area (Å²) in [6.07, 6.45) is 3.80. The summed E-state index contributed by atoms with van der Waals surface area (Å²) in [6, 6.07) is 11.6. The number of hydrogen-bond acceptors (Lipinski definition) is 4. The van der Waals surface area contributed by atoms with Crippen molar-refractivity contribution in [3.8, 4) is 0 Å². The molecular formula is C18H24N4. The molecule has 0 saturated heterocycles. The maximum Gasteiger partial charge on any atom is 0.134 e. The molecule has 1 aliphatic rings. The predicted octanol–water partition coefficient (Wildman–Crippen LogP) is 3.64. The second kappa shape index (κ2) is 6.34. The lowest BCUT2D eigenvalue weighted by molar-refractivity contribution is 0.586. The van der Waals surface area contributed by atoms with Crippen LogP contribution in [0.25, 0.3) is 0 Å². The second-order valence-corrected chi connectivity index (χ2v) is 6.16. The van der Waals surface area contributed by atoms with Crippen LogP contribution in [-0.4, -0.2) is 22.1 Å². The van der Waals surface area contributed by atoms with Crippen LogP contribution >= 0.6 is 0 Å². The molecule has 2 aromatic rings. The molecule has 4 heteroatoms. The molecule has 4 nitrogen and oxygen atoms in total. The van der Waals surface area contributed by atoms with Gasteiger partial charge in [0.25, 0.3) is 0 Å². The first kappa shape index (κ1) is 14.8. The third-order valence-corrected chi connectivity index (χ3v) is 4.46. The topological polar surface area (TPSA) is 41.0 Å². The van der Waals surface area contributed by atoms with E-state index in [0.29, 0.717) is 12.1 Å². The fourth-order valence-electron chi connectivity index (χ4n) is 2.92. The van der Waals surface area contributed by atoms with Gasteiger partial charge in [-0.2, -0.15) is 0 Å². The number of nitrogens with zero attached hydrogens (tertiary/aromatic N) is 3. The minimum absolute atomic E-state index is 0.419. The maximum absolute atomic E-state index is 4.49. The van der Waals surface area contributed by atoms with Gasteiger partial charge in [-0.15, -0.1) is 0 Å². The number of anilines is 2. The number of benzene rings is 1. The van der Waals surface area contributed by atoms with Gasteiger partial charge in [-0.1, -0.05) is 31.2 Å². The van der Waals surface area contributed by atoms with Gasteiger partial charge < -0.3 is 10.2 Å². The van der Waals surface area contributed by atoms with Crippen LogP contribution in [0.2, 0.25) is 0 Å². The van der Waals surface area contributed by atoms with E-state index in [2.05, 4.69) is 71.3 Å². The van der Waals surface area contributed by atoms with Crippen molar-refractivity contribution in [3.05, 3.63) is 47.8 Å². The van der Waals surface area contributed by atoms with Crippen molar-refractivity contribution in [1.29, 1.82) is 0 Å². The first-order valence-electron chi connectivity index (χ1n) is 8.09. The molecular weight excluding hydrogens is 272 g/mol. The van der Waals surface area contributed by atoms with Gasteiger partial charge in [0.15, 0.2) is 0 Å². The zero-order valence-corrected chi connectivity index (χ0v) is 13.6. The molecule has 22 heavy (non-hydrogen) atoms. The number of hydrogen-bond donors (Lipinski definition) is 1. The monoisotopic (exact) mass is 296 g/mol. The quantitative estimate of drug-likeness (QED) is 0.935. The molecule has 0 aliphatic carbocycles. The van der Waals surface area contributed by atoms with Crippen molar-refractivity contribution in [2.45, 2.75) is 52.2 Å². The molecule has 0 saturated carbocycles. The lowest BCUT2D eigenvalue weighted by Crippen LogP contribution is -2.39. The van der Waals surface area contributed by atoms with Gasteiger partial charge in [0.2, 0.25) is 0 Å². The summed E-state index contributed by atoms with van der Waals surface area (Å²) in [5.74, 6) is 1.91. The molecule has 0 radical (unpaired) electrons. The molecule has 1 N–H and O–H groups in total. The molecule has 0 unspecified atom stereocenters. The van der Waals surface area contributed by atoms with E-state index >= 15 is 0 Å². The Morgan fingerprint density at radius 1 is 1.27 bits per heavy atom. The number of fused-ring (bicyclic) bond motifs is 1. The van der Waals surface area contributed by atoms with Gasteiger partial charge in [-0.3, -0.25) is 0 Å². The van der Waals surface area contributed by atoms with Crippen molar-refractivity contribution in [3.63, 3.8) is 0 Å². The van der Waals surface area contributed by atoms with E-state index in [4.69, 9.17) is 0 Å². The van der Waals surface area contributed by atoms with E-state index in [1.165, 1.54) is 11.1 Å². The zero-order chi connectivity index (χ0) is 15.5. The van der Waals surface area contributed by atoms with Crippen molar-refractivity contribution in [1.82, 2.24) is 9.97 Å². The van der Waals surface area contributed by atoms with Crippen molar-refractivity contribution in [2.75, 3.05) is 10.2 Å². The first-order chi connectivity index (χ1) is 10.7. The molecule has 116 valence electrons. The smallest absolute Gasteiger partial charge is 0.134 e. The van der Waals surface area contributed by atoms with Crippen LogP contribution < -0.4 is 10.2 Å². The van der Waals surface area contributed by atoms with Gasteiger partial charge in [-0.25, -0.2) is 9.97 Å². The van der Waals surface area contributed by atoms with Crippen LogP contribution in [0.4, 0.5) is 11.6 Å². The zero-order valence-electron chi connectivity index (χ0n) is 13.6. The fourth-order valence-corrected chi connectivity index (χ4v) is 2.92. The second-order valence-electron chi connectivity index (χ2n) is 6.16. The lowest BCUT2D eigenvalue weighted by Gasteiger charge is -2.36. The third kappa shape index (κ3) is 3.06. The Kier molecular flexibility index (Phi) is 4.27. The van der Waals surface area contributed by atoms with Gasteiger partial charge in [0.1, 0.15) is 18.0 Å². The molecule has 2 heterocycles. The Bertz CT molecular complexity index is 640. The lowest BCUT2D eigenvalue weighted by atomic mass is 9.95. The maximum atomic E-state index is 4.49. The van der Waals surface area contributed by atoms with E-state index in [0.717, 1.165) is 31.0 Å². The van der Waals surface area contributed by atoms with Crippen LogP contribution in [-0.2, 0) is 13.0 Å². The molecule has 1 aromatic carbocycles. The number of nitrogens with one attached hydrogen (secondary N) is 1. The van der Waals surface area contributed by atoms with Crippen molar-refractivity contribution < 1.29 is 0 Å². The minimum Gasteiger partial charge on any atom is -0.367 e. The molecule has 0 bridgehead atoms. The van der Waals surface area contributed by atoms with Gasteiger partial charge in [0.05, 0.1) is 0 Å². The fraction of sp³-hybridized carbons (Fsp3) is 0.444. The molecule has 1 aromatic heterocycles. The van der Waals surface area contributed by atoms with Gasteiger partial charge >= 0.3 is 0 Å². The van der Waals surface area contributed by atoms with Gasteiger partial charge in [0, 0.05) is 24.7 Å². The summed E-state index contributed by atoms with van der Waals surface area (Å²) in [7, 11) is 0. The molecule has 3 rings (SSSR count). The summed E-state index contributed by atoms with van der Waals surface area (Å²) < 4.78 is 0. The van der Waals surface area contributed by atoms with Crippen LogP contribution in [0.1, 0.15) is 38.3 Å². The van der Waals surface area contributed by atoms with E-state index < -0.39 is 0 Å². The summed E-state index contributed by atoms with van der Waals surface area (Å²) in [5.41, 5.74) is 2.86.